The lowest BCUT2D eigenvalue weighted by atomic mass is 9.49. The molecule has 0 atom stereocenters. The Morgan fingerprint density at radius 1 is 0.905 bits per heavy atom. The van der Waals surface area contributed by atoms with Crippen molar-refractivity contribution in [1.29, 1.82) is 5.26 Å². The molecule has 74 heavy (non-hydrogen) atoms. The molecule has 2 aromatic heterocycles. The van der Waals surface area contributed by atoms with E-state index in [4.69, 9.17) is 14.6 Å². The first-order chi connectivity index (χ1) is 35.5. The van der Waals surface area contributed by atoms with Crippen molar-refractivity contribution < 1.29 is 27.8 Å². The van der Waals surface area contributed by atoms with Gasteiger partial charge in [0.25, 0.3) is 12.3 Å². The molecule has 4 aliphatic heterocycles. The molecule has 0 unspecified atom stereocenters. The minimum atomic E-state index is -2.66. The van der Waals surface area contributed by atoms with Gasteiger partial charge in [-0.3, -0.25) is 14.3 Å². The average molecular weight is 1010 g/mol. The van der Waals surface area contributed by atoms with E-state index in [9.17, 15) is 23.6 Å². The number of aromatic nitrogens is 4. The Balaban J connectivity index is 0.694. The van der Waals surface area contributed by atoms with E-state index in [1.807, 2.05) is 30.1 Å². The van der Waals surface area contributed by atoms with Crippen LogP contribution in [0.1, 0.15) is 130 Å². The number of ether oxygens (including phenoxy) is 2. The minimum absolute atomic E-state index is 0.0259. The Morgan fingerprint density at radius 3 is 2.28 bits per heavy atom. The van der Waals surface area contributed by atoms with Gasteiger partial charge in [-0.15, -0.1) is 0 Å². The average Bonchev–Trinajstić information content (AvgIpc) is 4.02. The van der Waals surface area contributed by atoms with E-state index in [0.717, 1.165) is 86.6 Å². The van der Waals surface area contributed by atoms with Gasteiger partial charge in [-0.05, 0) is 105 Å². The molecule has 6 heterocycles. The normalized spacial score (nSPS) is 22.4. The third kappa shape index (κ3) is 8.76. The van der Waals surface area contributed by atoms with Crippen LogP contribution in [0.4, 0.5) is 26.0 Å². The molecule has 2 saturated heterocycles. The number of nitrogens with zero attached hydrogens (tertiary/aromatic N) is 9. The lowest BCUT2D eigenvalue weighted by Gasteiger charge is -2.63. The van der Waals surface area contributed by atoms with Crippen LogP contribution in [-0.4, -0.2) is 106 Å². The zero-order valence-electron chi connectivity index (χ0n) is 44.0. The maximum absolute atomic E-state index is 14.8. The molecule has 2 saturated carbocycles. The Kier molecular flexibility index (Phi) is 12.8. The number of carbonyl (C=O) groups excluding carboxylic acids is 2. The van der Waals surface area contributed by atoms with Gasteiger partial charge in [-0.1, -0.05) is 27.7 Å². The van der Waals surface area contributed by atoms with Crippen LogP contribution >= 0.6 is 0 Å². The van der Waals surface area contributed by atoms with Crippen LogP contribution in [0.15, 0.2) is 67.1 Å². The van der Waals surface area contributed by atoms with Gasteiger partial charge in [-0.25, -0.2) is 13.8 Å². The third-order valence-electron chi connectivity index (χ3n) is 17.9. The number of hydrogen-bond donors (Lipinski definition) is 1. The fourth-order valence-electron chi connectivity index (χ4n) is 14.2. The van der Waals surface area contributed by atoms with Gasteiger partial charge in [-0.2, -0.15) is 10.4 Å². The van der Waals surface area contributed by atoms with E-state index in [0.29, 0.717) is 65.0 Å². The van der Waals surface area contributed by atoms with Crippen molar-refractivity contribution in [3.63, 3.8) is 0 Å². The smallest absolute Gasteiger partial charge is 0.264 e. The second-order valence-corrected chi connectivity index (χ2v) is 23.4. The molecule has 390 valence electrons. The third-order valence-corrected chi connectivity index (χ3v) is 17.9. The summed E-state index contributed by atoms with van der Waals surface area (Å²) < 4.78 is 45.6. The number of amides is 2. The van der Waals surface area contributed by atoms with Gasteiger partial charge in [0.05, 0.1) is 37.3 Å². The van der Waals surface area contributed by atoms with Crippen molar-refractivity contribution in [1.82, 2.24) is 34.4 Å². The number of imidazole rings is 1. The number of anilines is 3. The number of likely N-dealkylation sites (tertiary alicyclic amines) is 1. The van der Waals surface area contributed by atoms with Gasteiger partial charge < -0.3 is 39.0 Å². The number of methoxy groups -OCH3 is 1. The Hall–Kier alpha value is -6.47. The molecule has 0 radical (unpaired) electrons. The summed E-state index contributed by atoms with van der Waals surface area (Å²) in [5, 5.41) is 18.2. The summed E-state index contributed by atoms with van der Waals surface area (Å²) in [6.07, 6.45) is 9.76. The number of aryl methyl sites for hydroxylation is 2. The molecule has 0 bridgehead atoms. The molecule has 2 amide bonds. The van der Waals surface area contributed by atoms with Gasteiger partial charge in [0.2, 0.25) is 5.91 Å². The second-order valence-electron chi connectivity index (χ2n) is 23.4. The van der Waals surface area contributed by atoms with E-state index < -0.39 is 6.43 Å². The Labute approximate surface area is 433 Å². The molecule has 11 rings (SSSR count). The lowest BCUT2D eigenvalue weighted by molar-refractivity contribution is -0.164. The standard InChI is InChI=1S/C58H70F2N10O4/c1-36(71)67-26-20-48-46(31-67)52(69-23-8-9-38-27-44(47-32-65(6)35-62-47)45(51(59)60)29-49(38)69)64-70(48)42-18-24-66(25-19-42)41-16-21-58(22-17-41)33-68(34-58)40-13-10-37(11-14-40)53(72)63-54-56(2,3)55(57(54,4)5)74-43-15-12-39(30-61)50(28-43)73-7/h10-15,27-29,32,35,41-42,51,54-55H,8-9,16-26,31,33-34H2,1-7H3,(H,63,72). The predicted molar refractivity (Wildman–Crippen MR) is 280 cm³/mol. The highest BCUT2D eigenvalue weighted by Gasteiger charge is 2.64. The van der Waals surface area contributed by atoms with E-state index in [-0.39, 0.29) is 46.4 Å². The lowest BCUT2D eigenvalue weighted by Crippen LogP contribution is -2.74. The largest absolute Gasteiger partial charge is 0.495 e. The maximum Gasteiger partial charge on any atom is 0.264 e. The van der Waals surface area contributed by atoms with Crippen LogP contribution in [0.2, 0.25) is 0 Å². The SMILES string of the molecule is COc1cc(OC2C(C)(C)C(NC(=O)c3ccc(N4CC5(CCC(N6CCC(n7nc(N8CCCc9cc(-c%10cn(C)cn%10)c(C(F)F)cc98)c8c7CCN(C(C)=O)C8)CC6)CC5)C4)cc3)C2(C)C)ccc1C#N. The number of nitrogens with one attached hydrogen (secondary N) is 1. The first kappa shape index (κ1) is 49.7. The van der Waals surface area contributed by atoms with Crippen LogP contribution in [0.3, 0.4) is 0 Å². The Morgan fingerprint density at radius 2 is 1.64 bits per heavy atom. The summed E-state index contributed by atoms with van der Waals surface area (Å²) in [4.78, 5) is 40.1. The molecule has 3 aromatic carbocycles. The topological polar surface area (TPSA) is 137 Å². The van der Waals surface area contributed by atoms with Crippen molar-refractivity contribution in [3.8, 4) is 28.8 Å². The fourth-order valence-corrected chi connectivity index (χ4v) is 14.2. The summed E-state index contributed by atoms with van der Waals surface area (Å²) in [5.74, 6) is 1.85. The summed E-state index contributed by atoms with van der Waals surface area (Å²) >= 11 is 0. The molecule has 4 fully saturated rings. The highest BCUT2D eigenvalue weighted by molar-refractivity contribution is 5.95. The molecule has 2 aliphatic carbocycles. The van der Waals surface area contributed by atoms with Crippen molar-refractivity contribution in [3.05, 3.63) is 101 Å². The molecule has 1 spiro atoms. The van der Waals surface area contributed by atoms with E-state index >= 15 is 0 Å². The zero-order valence-corrected chi connectivity index (χ0v) is 44.0. The minimum Gasteiger partial charge on any atom is -0.495 e. The number of benzene rings is 3. The second kappa shape index (κ2) is 19.0. The number of alkyl halides is 2. The number of carbonyl (C=O) groups is 2. The van der Waals surface area contributed by atoms with Gasteiger partial charge >= 0.3 is 0 Å². The molecule has 14 nitrogen and oxygen atoms in total. The summed E-state index contributed by atoms with van der Waals surface area (Å²) in [6.45, 7) is 16.0. The first-order valence-electron chi connectivity index (χ1n) is 26.7. The van der Waals surface area contributed by atoms with Crippen molar-refractivity contribution in [2.45, 2.75) is 130 Å². The van der Waals surface area contributed by atoms with E-state index in [1.54, 1.807) is 55.4 Å². The van der Waals surface area contributed by atoms with Crippen molar-refractivity contribution >= 4 is 29.0 Å². The number of fused-ring (bicyclic) bond motifs is 2. The van der Waals surface area contributed by atoms with Crippen molar-refractivity contribution in [2.75, 3.05) is 56.2 Å². The highest BCUT2D eigenvalue weighted by atomic mass is 19.3. The number of hydrogen-bond acceptors (Lipinski definition) is 10. The number of rotatable bonds is 11. The maximum atomic E-state index is 14.8. The van der Waals surface area contributed by atoms with E-state index in [2.05, 4.69) is 75.6 Å². The molecule has 5 aromatic rings. The summed E-state index contributed by atoms with van der Waals surface area (Å²) in [5.41, 5.74) is 6.89. The number of piperidine rings is 1. The molecule has 16 heteroatoms. The number of nitriles is 1. The van der Waals surface area contributed by atoms with Crippen LogP contribution < -0.4 is 24.6 Å². The van der Waals surface area contributed by atoms with Crippen LogP contribution in [-0.2, 0) is 31.2 Å². The zero-order chi connectivity index (χ0) is 51.8. The first-order valence-corrected chi connectivity index (χ1v) is 26.7. The summed E-state index contributed by atoms with van der Waals surface area (Å²) in [7, 11) is 3.39. The van der Waals surface area contributed by atoms with Gasteiger partial charge in [0.1, 0.15) is 23.7 Å². The molecular formula is C58H70F2N10O4. The number of halogens is 2. The molecular weight excluding hydrogens is 939 g/mol. The quantitative estimate of drug-likeness (QED) is 0.136. The fraction of sp³-hybridized carbons (Fsp3) is 0.534. The van der Waals surface area contributed by atoms with Gasteiger partial charge in [0, 0.05) is 140 Å². The van der Waals surface area contributed by atoms with E-state index in [1.165, 1.54) is 31.4 Å². The highest BCUT2D eigenvalue weighted by Crippen LogP contribution is 2.56. The molecule has 1 N–H and O–H groups in total. The van der Waals surface area contributed by atoms with Gasteiger partial charge in [0.15, 0.2) is 5.82 Å². The summed E-state index contributed by atoms with van der Waals surface area (Å²) in [6, 6.07) is 19.7. The van der Waals surface area contributed by atoms with Crippen LogP contribution in [0.25, 0.3) is 11.3 Å². The monoisotopic (exact) mass is 1010 g/mol. The van der Waals surface area contributed by atoms with Crippen LogP contribution in [0.5, 0.6) is 11.5 Å². The Bertz CT molecular complexity index is 2970. The predicted octanol–water partition coefficient (Wildman–Crippen LogP) is 9.79. The molecule has 6 aliphatic rings. The van der Waals surface area contributed by atoms with Crippen LogP contribution in [0, 0.1) is 27.6 Å². The van der Waals surface area contributed by atoms with Crippen molar-refractivity contribution in [2.24, 2.45) is 23.3 Å².